The molecule has 1 fully saturated rings. The highest BCUT2D eigenvalue weighted by atomic mass is 16.6. The highest BCUT2D eigenvalue weighted by Gasteiger charge is 2.31. The van der Waals surface area contributed by atoms with Gasteiger partial charge >= 0.3 is 6.09 Å². The Morgan fingerprint density at radius 1 is 0.944 bits per heavy atom. The van der Waals surface area contributed by atoms with Gasteiger partial charge < -0.3 is 20.3 Å². The summed E-state index contributed by atoms with van der Waals surface area (Å²) in [5.74, 6) is 2.84. The van der Waals surface area contributed by atoms with Crippen LogP contribution in [0, 0.1) is 33.1 Å². The van der Waals surface area contributed by atoms with Crippen molar-refractivity contribution >= 4 is 17.5 Å². The molecule has 1 aliphatic heterocycles. The molecule has 1 amide bonds. The molecule has 5 nitrogen and oxygen atoms in total. The Bertz CT molecular complexity index is 1320. The lowest BCUT2D eigenvalue weighted by molar-refractivity contribution is 0.0977. The number of rotatable bonds is 4. The molecule has 3 aromatic carbocycles. The van der Waals surface area contributed by atoms with Crippen LogP contribution in [0.25, 0.3) is 11.1 Å². The first kappa shape index (κ1) is 23.8. The molecule has 0 saturated carbocycles. The van der Waals surface area contributed by atoms with E-state index in [1.165, 1.54) is 27.8 Å². The van der Waals surface area contributed by atoms with E-state index < -0.39 is 0 Å². The average molecular weight is 480 g/mol. The maximum absolute atomic E-state index is 13.0. The molecule has 1 saturated heterocycles. The summed E-state index contributed by atoms with van der Waals surface area (Å²) in [4.78, 5) is 17.2. The lowest BCUT2D eigenvalue weighted by Gasteiger charge is -2.38. The zero-order valence-corrected chi connectivity index (χ0v) is 21.3. The van der Waals surface area contributed by atoms with Gasteiger partial charge in [0.2, 0.25) is 0 Å². The van der Waals surface area contributed by atoms with Crippen molar-refractivity contribution in [2.75, 3.05) is 43.4 Å². The molecule has 5 heteroatoms. The van der Waals surface area contributed by atoms with E-state index in [1.807, 2.05) is 11.8 Å². The summed E-state index contributed by atoms with van der Waals surface area (Å²) in [6.45, 7) is 9.24. The number of nitrogen functional groups attached to an aromatic ring is 1. The third kappa shape index (κ3) is 3.97. The molecule has 5 rings (SSSR count). The molecule has 2 aliphatic rings. The first-order valence-electron chi connectivity index (χ1n) is 12.6. The Morgan fingerprint density at radius 2 is 1.53 bits per heavy atom. The van der Waals surface area contributed by atoms with Gasteiger partial charge in [-0.3, -0.25) is 0 Å². The van der Waals surface area contributed by atoms with Crippen LogP contribution >= 0.6 is 0 Å². The third-order valence-electron chi connectivity index (χ3n) is 7.89. The number of fused-ring (bicyclic) bond motifs is 3. The molecule has 1 aliphatic carbocycles. The Balaban J connectivity index is 1.26. The van der Waals surface area contributed by atoms with Crippen molar-refractivity contribution in [1.29, 1.82) is 0 Å². The highest BCUT2D eigenvalue weighted by Crippen LogP contribution is 2.44. The molecule has 0 bridgehead atoms. The normalized spacial score (nSPS) is 14.8. The minimum absolute atomic E-state index is 0.0676. The highest BCUT2D eigenvalue weighted by molar-refractivity contribution is 5.79. The molecule has 0 spiro atoms. The number of hydrogen-bond donors (Lipinski definition) is 1. The van der Waals surface area contributed by atoms with E-state index in [0.29, 0.717) is 26.1 Å². The number of hydrogen-bond acceptors (Lipinski definition) is 4. The van der Waals surface area contributed by atoms with Gasteiger partial charge in [-0.05, 0) is 65.3 Å². The largest absolute Gasteiger partial charge is 0.448 e. The van der Waals surface area contributed by atoms with Crippen LogP contribution in [0.5, 0.6) is 0 Å². The lowest BCUT2D eigenvalue weighted by atomic mass is 9.92. The van der Waals surface area contributed by atoms with Gasteiger partial charge in [-0.1, -0.05) is 48.5 Å². The van der Waals surface area contributed by atoms with Gasteiger partial charge in [0.1, 0.15) is 6.61 Å². The minimum atomic E-state index is -0.249. The molecule has 36 heavy (non-hydrogen) atoms. The average Bonchev–Trinajstić information content (AvgIpc) is 3.23. The number of terminal acetylenes is 1. The molecule has 184 valence electrons. The number of carbonyl (C=O) groups excluding carboxylic acids is 1. The Morgan fingerprint density at radius 3 is 2.11 bits per heavy atom. The Hall–Kier alpha value is -3.91. The fourth-order valence-electron chi connectivity index (χ4n) is 5.92. The van der Waals surface area contributed by atoms with E-state index in [9.17, 15) is 4.79 Å². The second-order valence-electron chi connectivity index (χ2n) is 9.77. The SMILES string of the molecule is C#CCc1c(C)c(N)c(C)c(N2CCN(C(=O)OCC3c4ccccc4-c4ccccc43)CC2)c1C. The van der Waals surface area contributed by atoms with Gasteiger partial charge in [0.05, 0.1) is 0 Å². The van der Waals surface area contributed by atoms with E-state index in [1.54, 1.807) is 0 Å². The number of carbonyl (C=O) groups is 1. The number of nitrogens with zero attached hydrogens (tertiary/aromatic N) is 2. The summed E-state index contributed by atoms with van der Waals surface area (Å²) in [6, 6.07) is 16.8. The van der Waals surface area contributed by atoms with Crippen molar-refractivity contribution in [1.82, 2.24) is 4.90 Å². The zero-order valence-electron chi connectivity index (χ0n) is 21.3. The van der Waals surface area contributed by atoms with Crippen LogP contribution in [0.2, 0.25) is 0 Å². The molecule has 3 aromatic rings. The molecule has 0 atom stereocenters. The van der Waals surface area contributed by atoms with Crippen molar-refractivity contribution in [3.63, 3.8) is 0 Å². The summed E-state index contributed by atoms with van der Waals surface area (Å²) >= 11 is 0. The van der Waals surface area contributed by atoms with Crippen molar-refractivity contribution in [2.24, 2.45) is 0 Å². The number of anilines is 2. The van der Waals surface area contributed by atoms with Gasteiger partial charge in [-0.15, -0.1) is 12.3 Å². The molecule has 0 aromatic heterocycles. The predicted molar refractivity (Wildman–Crippen MR) is 146 cm³/mol. The van der Waals surface area contributed by atoms with Crippen molar-refractivity contribution in [3.8, 4) is 23.5 Å². The number of amides is 1. The maximum Gasteiger partial charge on any atom is 0.409 e. The number of ether oxygens (including phenoxy) is 1. The van der Waals surface area contributed by atoms with Gasteiger partial charge in [0, 0.05) is 49.9 Å². The quantitative estimate of drug-likeness (QED) is 0.400. The molecule has 1 heterocycles. The smallest absolute Gasteiger partial charge is 0.409 e. The summed E-state index contributed by atoms with van der Waals surface area (Å²) in [6.07, 6.45) is 5.95. The number of nitrogens with two attached hydrogens (primary N) is 1. The van der Waals surface area contributed by atoms with E-state index in [-0.39, 0.29) is 12.0 Å². The minimum Gasteiger partial charge on any atom is -0.448 e. The second kappa shape index (κ2) is 9.62. The van der Waals surface area contributed by atoms with Crippen LogP contribution in [-0.2, 0) is 11.2 Å². The molecule has 0 unspecified atom stereocenters. The lowest BCUT2D eigenvalue weighted by Crippen LogP contribution is -2.49. The fraction of sp³-hybridized carbons (Fsp3) is 0.323. The molecular weight excluding hydrogens is 446 g/mol. The predicted octanol–water partition coefficient (Wildman–Crippen LogP) is 5.44. The summed E-state index contributed by atoms with van der Waals surface area (Å²) in [5, 5.41) is 0. The van der Waals surface area contributed by atoms with Crippen molar-refractivity contribution < 1.29 is 9.53 Å². The summed E-state index contributed by atoms with van der Waals surface area (Å²) in [7, 11) is 0. The number of piperazine rings is 1. The molecule has 2 N–H and O–H groups in total. The van der Waals surface area contributed by atoms with Crippen molar-refractivity contribution in [3.05, 3.63) is 81.9 Å². The Labute approximate surface area is 213 Å². The van der Waals surface area contributed by atoms with E-state index >= 15 is 0 Å². The van der Waals surface area contributed by atoms with E-state index in [0.717, 1.165) is 41.2 Å². The van der Waals surface area contributed by atoms with Gasteiger partial charge in [-0.25, -0.2) is 4.79 Å². The molecular formula is C31H33N3O2. The maximum atomic E-state index is 13.0. The summed E-state index contributed by atoms with van der Waals surface area (Å²) < 4.78 is 5.88. The van der Waals surface area contributed by atoms with E-state index in [2.05, 4.69) is 73.2 Å². The standard InChI is InChI=1S/C31H33N3O2/c1-5-10-23-20(2)29(32)22(4)30(21(23)3)33-15-17-34(18-16-33)31(35)36-19-28-26-13-8-6-11-24(26)25-12-7-9-14-27(25)28/h1,6-9,11-14,28H,10,15-19,32H2,2-4H3. The van der Waals surface area contributed by atoms with Crippen LogP contribution in [0.15, 0.2) is 48.5 Å². The topological polar surface area (TPSA) is 58.8 Å². The van der Waals surface area contributed by atoms with Crippen molar-refractivity contribution in [2.45, 2.75) is 33.1 Å². The first-order chi connectivity index (χ1) is 17.4. The summed E-state index contributed by atoms with van der Waals surface area (Å²) in [5.41, 5.74) is 17.8. The van der Waals surface area contributed by atoms with Crippen LogP contribution in [0.4, 0.5) is 16.2 Å². The zero-order chi connectivity index (χ0) is 25.4. The molecule has 0 radical (unpaired) electrons. The monoisotopic (exact) mass is 479 g/mol. The van der Waals surface area contributed by atoms with Gasteiger partial charge in [0.25, 0.3) is 0 Å². The van der Waals surface area contributed by atoms with Gasteiger partial charge in [-0.2, -0.15) is 0 Å². The Kier molecular flexibility index (Phi) is 6.36. The van der Waals surface area contributed by atoms with Crippen LogP contribution in [0.1, 0.15) is 39.3 Å². The number of benzene rings is 3. The fourth-order valence-corrected chi connectivity index (χ4v) is 5.92. The second-order valence-corrected chi connectivity index (χ2v) is 9.77. The third-order valence-corrected chi connectivity index (χ3v) is 7.89. The van der Waals surface area contributed by atoms with Crippen LogP contribution < -0.4 is 10.6 Å². The first-order valence-corrected chi connectivity index (χ1v) is 12.6. The van der Waals surface area contributed by atoms with Gasteiger partial charge in [0.15, 0.2) is 0 Å². The van der Waals surface area contributed by atoms with E-state index in [4.69, 9.17) is 16.9 Å². The van der Waals surface area contributed by atoms with Crippen LogP contribution in [-0.4, -0.2) is 43.8 Å². The van der Waals surface area contributed by atoms with Crippen LogP contribution in [0.3, 0.4) is 0 Å².